The Labute approximate surface area is 197 Å². The lowest BCUT2D eigenvalue weighted by Gasteiger charge is -2.40. The normalized spacial score (nSPS) is 19.9. The Morgan fingerprint density at radius 3 is 2.12 bits per heavy atom. The van der Waals surface area contributed by atoms with Gasteiger partial charge < -0.3 is 23.7 Å². The minimum absolute atomic E-state index is 0.0439. The van der Waals surface area contributed by atoms with Gasteiger partial charge in [-0.3, -0.25) is 4.79 Å². The van der Waals surface area contributed by atoms with E-state index in [2.05, 4.69) is 34.6 Å². The molecule has 1 heterocycles. The van der Waals surface area contributed by atoms with Gasteiger partial charge in [-0.1, -0.05) is 34.6 Å². The Kier molecular flexibility index (Phi) is 13.0. The van der Waals surface area contributed by atoms with E-state index in [0.717, 1.165) is 44.2 Å². The van der Waals surface area contributed by atoms with Gasteiger partial charge in [0, 0.05) is 12.8 Å². The van der Waals surface area contributed by atoms with E-state index in [-0.39, 0.29) is 36.8 Å². The van der Waals surface area contributed by atoms with Crippen molar-refractivity contribution in [3.8, 4) is 0 Å². The Morgan fingerprint density at radius 1 is 1.06 bits per heavy atom. The smallest absolute Gasteiger partial charge is 0.311 e. The second-order valence-corrected chi connectivity index (χ2v) is 15.3. The Hall–Kier alpha value is -0.473. The van der Waals surface area contributed by atoms with Gasteiger partial charge in [-0.05, 0) is 63.6 Å². The zero-order valence-electron chi connectivity index (χ0n) is 21.9. The fraction of sp³-hybridized carbons (Fsp3) is 0.960. The second kappa shape index (κ2) is 14.0. The van der Waals surface area contributed by atoms with E-state index in [9.17, 15) is 9.90 Å². The molecule has 4 atom stereocenters. The predicted molar refractivity (Wildman–Crippen MR) is 131 cm³/mol. The van der Waals surface area contributed by atoms with Gasteiger partial charge in [0.15, 0.2) is 14.6 Å². The van der Waals surface area contributed by atoms with Crippen LogP contribution in [0, 0.1) is 17.3 Å². The predicted octanol–water partition coefficient (Wildman–Crippen LogP) is 5.53. The van der Waals surface area contributed by atoms with Crippen molar-refractivity contribution in [1.82, 2.24) is 0 Å². The summed E-state index contributed by atoms with van der Waals surface area (Å²) < 4.78 is 23.9. The lowest BCUT2D eigenvalue weighted by molar-refractivity contribution is -0.190. The summed E-state index contributed by atoms with van der Waals surface area (Å²) in [6.07, 6.45) is 2.16. The van der Waals surface area contributed by atoms with Crippen molar-refractivity contribution in [3.05, 3.63) is 0 Å². The van der Waals surface area contributed by atoms with Crippen molar-refractivity contribution < 1.29 is 28.5 Å². The standard InChI is InChI=1S/C25H50O6Si/c1-9-32(10-2,11-3)31-23(20(5)18-22-28-14-12-15-29-22)19(4)17-21(26)13-16-30-24(27)25(6,7)8/h19-23,26H,9-18H2,1-8H3/t19-,20+,21+,23+/m1/s1. The van der Waals surface area contributed by atoms with Crippen LogP contribution in [0.2, 0.25) is 18.1 Å². The number of esters is 1. The number of aliphatic hydroxyl groups excluding tert-OH is 1. The highest BCUT2D eigenvalue weighted by molar-refractivity contribution is 6.73. The SMILES string of the molecule is CC[Si](CC)(CC)O[C@@H]([C@H](C)C[C@@H](O)CCOC(=O)C(C)(C)C)[C@@H](C)CC1OCCCO1. The number of rotatable bonds is 14. The van der Waals surface area contributed by atoms with Crippen molar-refractivity contribution in [2.75, 3.05) is 19.8 Å². The van der Waals surface area contributed by atoms with Crippen LogP contribution < -0.4 is 0 Å². The first-order valence-corrected chi connectivity index (χ1v) is 15.3. The fourth-order valence-electron chi connectivity index (χ4n) is 4.38. The Balaban J connectivity index is 2.77. The quantitative estimate of drug-likeness (QED) is 0.263. The van der Waals surface area contributed by atoms with Crippen molar-refractivity contribution in [1.29, 1.82) is 0 Å². The molecule has 0 bridgehead atoms. The summed E-state index contributed by atoms with van der Waals surface area (Å²) in [6.45, 7) is 18.4. The van der Waals surface area contributed by atoms with E-state index >= 15 is 0 Å². The van der Waals surface area contributed by atoms with Crippen molar-refractivity contribution >= 4 is 14.3 Å². The van der Waals surface area contributed by atoms with Crippen LogP contribution in [-0.2, 0) is 23.4 Å². The highest BCUT2D eigenvalue weighted by Gasteiger charge is 2.37. The molecule has 1 rings (SSSR count). The van der Waals surface area contributed by atoms with Crippen LogP contribution in [0.4, 0.5) is 0 Å². The molecule has 0 aromatic carbocycles. The molecule has 6 nitrogen and oxygen atoms in total. The summed E-state index contributed by atoms with van der Waals surface area (Å²) in [7, 11) is -1.82. The third-order valence-corrected chi connectivity index (χ3v) is 11.5. The fourth-order valence-corrected chi connectivity index (χ4v) is 7.42. The number of hydrogen-bond acceptors (Lipinski definition) is 6. The maximum Gasteiger partial charge on any atom is 0.311 e. The van der Waals surface area contributed by atoms with E-state index < -0.39 is 19.8 Å². The molecule has 0 spiro atoms. The van der Waals surface area contributed by atoms with Crippen LogP contribution in [0.1, 0.15) is 81.1 Å². The van der Waals surface area contributed by atoms with Gasteiger partial charge in [0.25, 0.3) is 0 Å². The number of carbonyl (C=O) groups is 1. The van der Waals surface area contributed by atoms with Crippen LogP contribution in [0.25, 0.3) is 0 Å². The maximum atomic E-state index is 12.0. The number of ether oxygens (including phenoxy) is 3. The molecule has 0 amide bonds. The summed E-state index contributed by atoms with van der Waals surface area (Å²) in [4.78, 5) is 12.0. The molecule has 7 heteroatoms. The van der Waals surface area contributed by atoms with E-state index in [1.807, 2.05) is 20.8 Å². The lowest BCUT2D eigenvalue weighted by Crippen LogP contribution is -2.46. The molecule has 1 fully saturated rings. The van der Waals surface area contributed by atoms with E-state index in [1.165, 1.54) is 0 Å². The van der Waals surface area contributed by atoms with E-state index in [4.69, 9.17) is 18.6 Å². The van der Waals surface area contributed by atoms with Gasteiger partial charge in [0.2, 0.25) is 0 Å². The summed E-state index contributed by atoms with van der Waals surface area (Å²) in [5.74, 6) is 0.207. The van der Waals surface area contributed by atoms with Gasteiger partial charge in [-0.15, -0.1) is 0 Å². The maximum absolute atomic E-state index is 12.0. The Morgan fingerprint density at radius 2 is 1.62 bits per heavy atom. The first kappa shape index (κ1) is 29.6. The molecule has 0 aromatic rings. The van der Waals surface area contributed by atoms with Gasteiger partial charge in [-0.25, -0.2) is 0 Å². The van der Waals surface area contributed by atoms with Gasteiger partial charge in [-0.2, -0.15) is 0 Å². The topological polar surface area (TPSA) is 74.2 Å². The van der Waals surface area contributed by atoms with Crippen molar-refractivity contribution in [3.63, 3.8) is 0 Å². The molecule has 0 aliphatic carbocycles. The number of aliphatic hydroxyl groups is 1. The molecule has 1 saturated heterocycles. The highest BCUT2D eigenvalue weighted by atomic mass is 28.4. The first-order chi connectivity index (χ1) is 15.0. The average molecular weight is 475 g/mol. The molecule has 0 saturated carbocycles. The van der Waals surface area contributed by atoms with Gasteiger partial charge in [0.1, 0.15) is 0 Å². The molecule has 0 unspecified atom stereocenters. The van der Waals surface area contributed by atoms with Crippen molar-refractivity contribution in [2.24, 2.45) is 17.3 Å². The highest BCUT2D eigenvalue weighted by Crippen LogP contribution is 2.33. The lowest BCUT2D eigenvalue weighted by atomic mass is 9.87. The summed E-state index contributed by atoms with van der Waals surface area (Å²) in [5.41, 5.74) is -0.524. The van der Waals surface area contributed by atoms with Crippen LogP contribution in [0.15, 0.2) is 0 Å². The van der Waals surface area contributed by atoms with E-state index in [0.29, 0.717) is 12.8 Å². The van der Waals surface area contributed by atoms with Crippen LogP contribution in [-0.4, -0.2) is 57.7 Å². The molecular formula is C25H50O6Si. The second-order valence-electron chi connectivity index (χ2n) is 10.6. The van der Waals surface area contributed by atoms with Crippen LogP contribution in [0.5, 0.6) is 0 Å². The summed E-state index contributed by atoms with van der Waals surface area (Å²) >= 11 is 0. The molecule has 190 valence electrons. The summed E-state index contributed by atoms with van der Waals surface area (Å²) in [5, 5.41) is 10.7. The minimum atomic E-state index is -1.82. The molecule has 1 N–H and O–H groups in total. The monoisotopic (exact) mass is 474 g/mol. The third kappa shape index (κ3) is 9.80. The van der Waals surface area contributed by atoms with Crippen LogP contribution >= 0.6 is 0 Å². The van der Waals surface area contributed by atoms with Crippen molar-refractivity contribution in [2.45, 2.75) is 118 Å². The van der Waals surface area contributed by atoms with Gasteiger partial charge >= 0.3 is 5.97 Å². The largest absolute Gasteiger partial charge is 0.465 e. The van der Waals surface area contributed by atoms with Gasteiger partial charge in [0.05, 0.1) is 37.4 Å². The molecular weight excluding hydrogens is 424 g/mol. The van der Waals surface area contributed by atoms with E-state index in [1.54, 1.807) is 0 Å². The molecule has 0 aromatic heterocycles. The molecule has 1 aliphatic rings. The van der Waals surface area contributed by atoms with Crippen LogP contribution in [0.3, 0.4) is 0 Å². The summed E-state index contributed by atoms with van der Waals surface area (Å²) in [6, 6.07) is 3.28. The number of hydrogen-bond donors (Lipinski definition) is 1. The Bertz CT molecular complexity index is 517. The molecule has 0 radical (unpaired) electrons. The first-order valence-electron chi connectivity index (χ1n) is 12.7. The molecule has 1 aliphatic heterocycles. The average Bonchev–Trinajstić information content (AvgIpc) is 2.75. The number of carbonyl (C=O) groups excluding carboxylic acids is 1. The minimum Gasteiger partial charge on any atom is -0.465 e. The molecule has 32 heavy (non-hydrogen) atoms. The zero-order valence-corrected chi connectivity index (χ0v) is 22.9. The zero-order chi connectivity index (χ0) is 24.4. The third-order valence-electron chi connectivity index (χ3n) is 6.84.